The number of piperazine rings is 1. The van der Waals surface area contributed by atoms with Crippen LogP contribution in [-0.4, -0.2) is 110 Å². The lowest BCUT2D eigenvalue weighted by Crippen LogP contribution is -2.53. The lowest BCUT2D eigenvalue weighted by atomic mass is 9.95. The highest BCUT2D eigenvalue weighted by molar-refractivity contribution is 6.06. The fourth-order valence-corrected chi connectivity index (χ4v) is 7.67. The molecule has 3 aliphatic heterocycles. The lowest BCUT2D eigenvalue weighted by molar-refractivity contribution is -0.138. The molecule has 3 saturated heterocycles. The monoisotopic (exact) mass is 816 g/mol. The molecule has 4 amide bonds. The third kappa shape index (κ3) is 10.7. The summed E-state index contributed by atoms with van der Waals surface area (Å²) in [7, 11) is 1.48. The summed E-state index contributed by atoms with van der Waals surface area (Å²) in [5.41, 5.74) is 0.280. The van der Waals surface area contributed by atoms with Gasteiger partial charge in [0.2, 0.25) is 17.7 Å². The van der Waals surface area contributed by atoms with E-state index in [4.69, 9.17) is 10.00 Å². The average Bonchev–Trinajstić information content (AvgIpc) is 3.24. The molecule has 1 aromatic heterocycles. The molecule has 4 heterocycles. The van der Waals surface area contributed by atoms with E-state index >= 15 is 0 Å². The molecule has 3 aliphatic rings. The zero-order valence-corrected chi connectivity index (χ0v) is 32.8. The van der Waals surface area contributed by atoms with Crippen molar-refractivity contribution in [3.05, 3.63) is 77.0 Å². The fourth-order valence-electron chi connectivity index (χ4n) is 7.67. The Morgan fingerprint density at radius 3 is 2.36 bits per heavy atom. The molecule has 14 nitrogen and oxygen atoms in total. The van der Waals surface area contributed by atoms with Crippen molar-refractivity contribution < 1.29 is 41.9 Å². The first-order valence-electron chi connectivity index (χ1n) is 19.8. The van der Waals surface area contributed by atoms with Gasteiger partial charge < -0.3 is 24.8 Å². The number of unbranched alkanes of at least 4 members (excludes halogenated alkanes) is 2. The molecule has 1 atom stereocenters. The van der Waals surface area contributed by atoms with Gasteiger partial charge in [-0.1, -0.05) is 0 Å². The zero-order valence-electron chi connectivity index (χ0n) is 32.8. The number of hydrogen-bond acceptors (Lipinski definition) is 11. The molecule has 6 rings (SSSR count). The molecule has 17 heteroatoms. The van der Waals surface area contributed by atoms with Crippen molar-refractivity contribution in [2.24, 2.45) is 5.92 Å². The normalized spacial score (nSPS) is 17.8. The Bertz CT molecular complexity index is 2060. The van der Waals surface area contributed by atoms with Gasteiger partial charge in [-0.05, 0) is 93.6 Å². The largest absolute Gasteiger partial charge is 0.494 e. The number of hydrogen-bond donors (Lipinski definition) is 2. The first-order valence-corrected chi connectivity index (χ1v) is 19.8. The number of halogens is 3. The van der Waals surface area contributed by atoms with E-state index in [0.29, 0.717) is 56.1 Å². The van der Waals surface area contributed by atoms with Crippen molar-refractivity contribution in [3.8, 4) is 11.8 Å². The highest BCUT2D eigenvalue weighted by atomic mass is 19.4. The average molecular weight is 817 g/mol. The van der Waals surface area contributed by atoms with E-state index in [1.165, 1.54) is 36.2 Å². The number of amides is 4. The molecule has 3 aromatic rings. The summed E-state index contributed by atoms with van der Waals surface area (Å²) in [6.45, 7) is 5.63. The first kappa shape index (κ1) is 42.6. The Hall–Kier alpha value is -6.02. The topological polar surface area (TPSA) is 168 Å². The fraction of sp³-hybridized carbons (Fsp3) is 0.452. The summed E-state index contributed by atoms with van der Waals surface area (Å²) in [5, 5.41) is 14.2. The number of nitrogens with one attached hydrogen (secondary N) is 2. The van der Waals surface area contributed by atoms with Gasteiger partial charge in [-0.2, -0.15) is 18.4 Å². The Labute approximate surface area is 340 Å². The summed E-state index contributed by atoms with van der Waals surface area (Å²) in [6, 6.07) is 12.9. The number of alkyl halides is 3. The SMILES string of the molecule is CN(C(=O)c1cc(OCCCCCN2CCN(c3ccc(NC(=O)C4CCN(c5ccc(C#N)c(C(F)(F)F)c5)CC4)nc3)CC2)ccc1C=O)C1CCC(=O)NC1=O. The quantitative estimate of drug-likeness (QED) is 0.129. The van der Waals surface area contributed by atoms with Gasteiger partial charge in [0.05, 0.1) is 41.3 Å². The predicted octanol–water partition coefficient (Wildman–Crippen LogP) is 4.89. The molecule has 1 unspecified atom stereocenters. The number of nitrogens with zero attached hydrogens (tertiary/aromatic N) is 6. The van der Waals surface area contributed by atoms with E-state index in [2.05, 4.69) is 25.4 Å². The number of anilines is 3. The summed E-state index contributed by atoms with van der Waals surface area (Å²) in [6.07, 6.45) is 1.72. The number of aldehydes is 1. The van der Waals surface area contributed by atoms with Crippen LogP contribution in [0.25, 0.3) is 0 Å². The van der Waals surface area contributed by atoms with Crippen LogP contribution in [0.1, 0.15) is 76.8 Å². The Morgan fingerprint density at radius 2 is 1.69 bits per heavy atom. The summed E-state index contributed by atoms with van der Waals surface area (Å²) >= 11 is 0. The first-order chi connectivity index (χ1) is 28.3. The van der Waals surface area contributed by atoms with Crippen LogP contribution in [0.4, 0.5) is 30.4 Å². The second kappa shape index (κ2) is 19.2. The molecular weight excluding hydrogens is 770 g/mol. The highest BCUT2D eigenvalue weighted by Crippen LogP contribution is 2.35. The van der Waals surface area contributed by atoms with Crippen LogP contribution >= 0.6 is 0 Å². The summed E-state index contributed by atoms with van der Waals surface area (Å²) in [5.74, 6) is -1.01. The van der Waals surface area contributed by atoms with Gasteiger partial charge in [-0.3, -0.25) is 34.2 Å². The van der Waals surface area contributed by atoms with Crippen LogP contribution in [0, 0.1) is 17.2 Å². The lowest BCUT2D eigenvalue weighted by Gasteiger charge is -2.36. The van der Waals surface area contributed by atoms with Gasteiger partial charge in [-0.25, -0.2) is 4.98 Å². The van der Waals surface area contributed by atoms with E-state index < -0.39 is 35.2 Å². The van der Waals surface area contributed by atoms with Crippen LogP contribution in [0.3, 0.4) is 0 Å². The summed E-state index contributed by atoms with van der Waals surface area (Å²) in [4.78, 5) is 74.0. The van der Waals surface area contributed by atoms with Gasteiger partial charge >= 0.3 is 6.18 Å². The van der Waals surface area contributed by atoms with Crippen molar-refractivity contribution in [1.82, 2.24) is 20.1 Å². The number of carbonyl (C=O) groups excluding carboxylic acids is 5. The Balaban J connectivity index is 0.871. The van der Waals surface area contributed by atoms with Gasteiger partial charge in [0.25, 0.3) is 5.91 Å². The molecule has 59 heavy (non-hydrogen) atoms. The molecule has 2 N–H and O–H groups in total. The number of ether oxygens (including phenoxy) is 1. The third-order valence-electron chi connectivity index (χ3n) is 11.2. The number of rotatable bonds is 14. The number of aromatic nitrogens is 1. The minimum Gasteiger partial charge on any atom is -0.494 e. The molecule has 312 valence electrons. The predicted molar refractivity (Wildman–Crippen MR) is 212 cm³/mol. The van der Waals surface area contributed by atoms with E-state index in [-0.39, 0.29) is 41.7 Å². The molecule has 0 aliphatic carbocycles. The van der Waals surface area contributed by atoms with Gasteiger partial charge in [0.1, 0.15) is 17.6 Å². The van der Waals surface area contributed by atoms with Crippen LogP contribution in [0.15, 0.2) is 54.7 Å². The molecule has 0 bridgehead atoms. The maximum Gasteiger partial charge on any atom is 0.417 e. The van der Waals surface area contributed by atoms with E-state index in [1.54, 1.807) is 29.3 Å². The van der Waals surface area contributed by atoms with Crippen molar-refractivity contribution in [1.29, 1.82) is 5.26 Å². The zero-order chi connectivity index (χ0) is 42.1. The second-order valence-electron chi connectivity index (χ2n) is 15.0. The molecule has 0 spiro atoms. The molecular formula is C42H47F3N8O6. The van der Waals surface area contributed by atoms with Crippen LogP contribution in [0.5, 0.6) is 5.75 Å². The molecule has 2 aromatic carbocycles. The van der Waals surface area contributed by atoms with Crippen molar-refractivity contribution in [2.45, 2.75) is 57.2 Å². The highest BCUT2D eigenvalue weighted by Gasteiger charge is 2.36. The molecule has 0 radical (unpaired) electrons. The number of nitriles is 1. The Kier molecular flexibility index (Phi) is 13.8. The van der Waals surface area contributed by atoms with Gasteiger partial charge in [-0.15, -0.1) is 0 Å². The number of piperidine rings is 2. The number of carbonyl (C=O) groups is 5. The Morgan fingerprint density at radius 1 is 0.966 bits per heavy atom. The molecule has 0 saturated carbocycles. The minimum absolute atomic E-state index is 0.131. The number of benzene rings is 2. The van der Waals surface area contributed by atoms with E-state index in [9.17, 15) is 37.1 Å². The van der Waals surface area contributed by atoms with Crippen molar-refractivity contribution in [3.63, 3.8) is 0 Å². The number of likely N-dealkylation sites (N-methyl/N-ethyl adjacent to an activating group) is 1. The van der Waals surface area contributed by atoms with Gasteiger partial charge in [0.15, 0.2) is 6.29 Å². The van der Waals surface area contributed by atoms with Gasteiger partial charge in [0, 0.05) is 69.9 Å². The maximum atomic E-state index is 13.4. The number of pyridine rings is 1. The number of imide groups is 1. The van der Waals surface area contributed by atoms with Crippen LogP contribution in [0.2, 0.25) is 0 Å². The maximum absolute atomic E-state index is 13.4. The van der Waals surface area contributed by atoms with E-state index in [1.807, 2.05) is 6.07 Å². The molecule has 3 fully saturated rings. The summed E-state index contributed by atoms with van der Waals surface area (Å²) < 4.78 is 46.3. The van der Waals surface area contributed by atoms with Crippen molar-refractivity contribution in [2.75, 3.05) is 74.6 Å². The smallest absolute Gasteiger partial charge is 0.417 e. The van der Waals surface area contributed by atoms with Crippen LogP contribution in [-0.2, 0) is 20.6 Å². The standard InChI is InChI=1S/C42H47F3N8O6/c1-50(36-10-12-38(55)49-40(36)57)41(58)34-24-33(9-6-30(34)27-54)59-22-4-2-3-15-51-18-20-53(21-19-51)32-8-11-37(47-26-32)48-39(56)28-13-16-52(17-14-28)31-7-5-29(25-46)35(23-31)42(43,44)45/h5-9,11,23-24,26-28,36H,2-4,10,12-22H2,1H3,(H,47,48,56)(H,49,55,57). The second-order valence-corrected chi connectivity index (χ2v) is 15.0. The van der Waals surface area contributed by atoms with Crippen LogP contribution < -0.4 is 25.2 Å². The van der Waals surface area contributed by atoms with Crippen molar-refractivity contribution >= 4 is 47.1 Å². The third-order valence-corrected chi connectivity index (χ3v) is 11.2. The van der Waals surface area contributed by atoms with E-state index in [0.717, 1.165) is 63.7 Å². The minimum atomic E-state index is -4.63.